The number of hydrogen-bond acceptors (Lipinski definition) is 4. The predicted molar refractivity (Wildman–Crippen MR) is 89.0 cm³/mol. The maximum absolute atomic E-state index is 5.89. The quantitative estimate of drug-likeness (QED) is 0.831. The molecule has 4 heteroatoms. The molecule has 0 aliphatic heterocycles. The van der Waals surface area contributed by atoms with Crippen molar-refractivity contribution >= 4 is 11.3 Å². The molecular formula is C17H24N2OS. The second-order valence-corrected chi connectivity index (χ2v) is 6.67. The summed E-state index contributed by atoms with van der Waals surface area (Å²) < 4.78 is 5.89. The van der Waals surface area contributed by atoms with Crippen LogP contribution in [-0.4, -0.2) is 11.0 Å². The van der Waals surface area contributed by atoms with Gasteiger partial charge in [0.25, 0.3) is 0 Å². The van der Waals surface area contributed by atoms with Crippen LogP contribution in [0.5, 0.6) is 5.75 Å². The average Bonchev–Trinajstić information content (AvgIpc) is 2.93. The Morgan fingerprint density at radius 3 is 2.90 bits per heavy atom. The van der Waals surface area contributed by atoms with Gasteiger partial charge in [-0.15, -0.1) is 11.3 Å². The number of aryl methyl sites for hydroxylation is 2. The molecule has 0 aliphatic rings. The molecule has 0 bridgehead atoms. The van der Waals surface area contributed by atoms with Gasteiger partial charge in [0.2, 0.25) is 0 Å². The van der Waals surface area contributed by atoms with E-state index in [-0.39, 0.29) is 0 Å². The van der Waals surface area contributed by atoms with Crippen molar-refractivity contribution in [3.05, 3.63) is 45.4 Å². The minimum Gasteiger partial charge on any atom is -0.486 e. The Balaban J connectivity index is 1.89. The van der Waals surface area contributed by atoms with E-state index in [2.05, 4.69) is 56.2 Å². The van der Waals surface area contributed by atoms with Crippen molar-refractivity contribution in [3.63, 3.8) is 0 Å². The van der Waals surface area contributed by atoms with Gasteiger partial charge in [-0.25, -0.2) is 4.98 Å². The Labute approximate surface area is 131 Å². The maximum atomic E-state index is 5.89. The van der Waals surface area contributed by atoms with Crippen molar-refractivity contribution in [1.82, 2.24) is 10.3 Å². The lowest BCUT2D eigenvalue weighted by Gasteiger charge is -2.09. The van der Waals surface area contributed by atoms with E-state index in [9.17, 15) is 0 Å². The van der Waals surface area contributed by atoms with E-state index < -0.39 is 0 Å². The van der Waals surface area contributed by atoms with E-state index in [0.717, 1.165) is 29.3 Å². The molecule has 1 atom stereocenters. The molecule has 114 valence electrons. The fourth-order valence-corrected chi connectivity index (χ4v) is 2.70. The van der Waals surface area contributed by atoms with E-state index >= 15 is 0 Å². The number of benzene rings is 1. The fourth-order valence-electron chi connectivity index (χ4n) is 1.92. The van der Waals surface area contributed by atoms with Crippen LogP contribution in [0.4, 0.5) is 0 Å². The number of rotatable bonds is 7. The number of nitrogens with one attached hydrogen (secondary N) is 1. The van der Waals surface area contributed by atoms with E-state index in [1.54, 1.807) is 11.3 Å². The molecule has 21 heavy (non-hydrogen) atoms. The minimum absolute atomic E-state index is 0.540. The largest absolute Gasteiger partial charge is 0.486 e. The number of ether oxygens (including phenoxy) is 1. The molecule has 0 saturated carbocycles. The van der Waals surface area contributed by atoms with Crippen LogP contribution in [0.3, 0.4) is 0 Å². The number of thiazole rings is 1. The first kappa shape index (κ1) is 16.0. The third-order valence-corrected chi connectivity index (χ3v) is 4.50. The third-order valence-electron chi connectivity index (χ3n) is 3.53. The number of nitrogens with zero attached hydrogens (tertiary/aromatic N) is 1. The van der Waals surface area contributed by atoms with E-state index in [0.29, 0.717) is 12.6 Å². The Morgan fingerprint density at radius 2 is 2.14 bits per heavy atom. The van der Waals surface area contributed by atoms with E-state index in [4.69, 9.17) is 4.74 Å². The van der Waals surface area contributed by atoms with Gasteiger partial charge in [0.15, 0.2) is 0 Å². The van der Waals surface area contributed by atoms with Crippen LogP contribution in [0.2, 0.25) is 0 Å². The first-order chi connectivity index (χ1) is 10.1. The van der Waals surface area contributed by atoms with Crippen molar-refractivity contribution in [3.8, 4) is 5.75 Å². The number of hydrogen-bond donors (Lipinski definition) is 1. The van der Waals surface area contributed by atoms with Crippen LogP contribution in [0.1, 0.15) is 41.3 Å². The zero-order valence-electron chi connectivity index (χ0n) is 13.3. The van der Waals surface area contributed by atoms with E-state index in [1.807, 2.05) is 6.20 Å². The summed E-state index contributed by atoms with van der Waals surface area (Å²) in [5, 5.41) is 4.51. The van der Waals surface area contributed by atoms with Gasteiger partial charge in [-0.3, -0.25) is 0 Å². The van der Waals surface area contributed by atoms with Gasteiger partial charge >= 0.3 is 0 Å². The normalized spacial score (nSPS) is 12.4. The molecule has 0 aliphatic carbocycles. The first-order valence-electron chi connectivity index (χ1n) is 7.45. The highest BCUT2D eigenvalue weighted by Crippen LogP contribution is 2.21. The van der Waals surface area contributed by atoms with Gasteiger partial charge in [0, 0.05) is 23.7 Å². The number of aromatic nitrogens is 1. The van der Waals surface area contributed by atoms with Crippen LogP contribution in [0.25, 0.3) is 0 Å². The Hall–Kier alpha value is -1.39. The molecule has 0 spiro atoms. The predicted octanol–water partition coefficient (Wildman–Crippen LogP) is 4.23. The van der Waals surface area contributed by atoms with Crippen LogP contribution in [0.15, 0.2) is 24.4 Å². The lowest BCUT2D eigenvalue weighted by Crippen LogP contribution is -2.23. The zero-order chi connectivity index (χ0) is 15.2. The maximum Gasteiger partial charge on any atom is 0.140 e. The van der Waals surface area contributed by atoms with Gasteiger partial charge in [-0.2, -0.15) is 0 Å². The molecular weight excluding hydrogens is 280 g/mol. The van der Waals surface area contributed by atoms with Crippen molar-refractivity contribution in [2.45, 2.75) is 53.3 Å². The molecule has 2 aromatic rings. The smallest absolute Gasteiger partial charge is 0.140 e. The highest BCUT2D eigenvalue weighted by atomic mass is 32.1. The first-order valence-corrected chi connectivity index (χ1v) is 8.27. The van der Waals surface area contributed by atoms with Crippen LogP contribution >= 0.6 is 11.3 Å². The molecule has 1 unspecified atom stereocenters. The van der Waals surface area contributed by atoms with E-state index in [1.165, 1.54) is 10.4 Å². The summed E-state index contributed by atoms with van der Waals surface area (Å²) in [7, 11) is 0. The lowest BCUT2D eigenvalue weighted by atomic mass is 10.1. The SMILES string of the molecule is CCC(C)NCc1cnc(COc2cc(C)ccc2C)s1. The van der Waals surface area contributed by atoms with Crippen molar-refractivity contribution in [2.24, 2.45) is 0 Å². The molecule has 3 nitrogen and oxygen atoms in total. The summed E-state index contributed by atoms with van der Waals surface area (Å²) in [6.45, 7) is 9.96. The topological polar surface area (TPSA) is 34.2 Å². The summed E-state index contributed by atoms with van der Waals surface area (Å²) in [6, 6.07) is 6.81. The van der Waals surface area contributed by atoms with Gasteiger partial charge in [0.1, 0.15) is 17.4 Å². The highest BCUT2D eigenvalue weighted by Gasteiger charge is 2.06. The minimum atomic E-state index is 0.540. The van der Waals surface area contributed by atoms with Crippen molar-refractivity contribution < 1.29 is 4.74 Å². The summed E-state index contributed by atoms with van der Waals surface area (Å²) >= 11 is 1.72. The van der Waals surface area contributed by atoms with Crippen LogP contribution < -0.4 is 10.1 Å². The van der Waals surface area contributed by atoms with Gasteiger partial charge in [-0.1, -0.05) is 19.1 Å². The van der Waals surface area contributed by atoms with Gasteiger partial charge < -0.3 is 10.1 Å². The summed E-state index contributed by atoms with van der Waals surface area (Å²) in [5.41, 5.74) is 2.38. The van der Waals surface area contributed by atoms with Crippen LogP contribution in [-0.2, 0) is 13.2 Å². The zero-order valence-corrected chi connectivity index (χ0v) is 14.1. The molecule has 2 rings (SSSR count). The summed E-state index contributed by atoms with van der Waals surface area (Å²) in [5.74, 6) is 0.949. The summed E-state index contributed by atoms with van der Waals surface area (Å²) in [4.78, 5) is 5.70. The Morgan fingerprint density at radius 1 is 1.33 bits per heavy atom. The van der Waals surface area contributed by atoms with Gasteiger partial charge in [-0.05, 0) is 44.4 Å². The second-order valence-electron chi connectivity index (χ2n) is 5.47. The molecule has 0 amide bonds. The second kappa shape index (κ2) is 7.57. The van der Waals surface area contributed by atoms with Crippen molar-refractivity contribution in [1.29, 1.82) is 0 Å². The molecule has 0 fully saturated rings. The monoisotopic (exact) mass is 304 g/mol. The molecule has 1 aromatic heterocycles. The standard InChI is InChI=1S/C17H24N2OS/c1-5-14(4)18-9-15-10-19-17(21-15)11-20-16-8-12(2)6-7-13(16)3/h6-8,10,14,18H,5,9,11H2,1-4H3. The Bertz CT molecular complexity index is 580. The molecule has 0 radical (unpaired) electrons. The lowest BCUT2D eigenvalue weighted by molar-refractivity contribution is 0.303. The van der Waals surface area contributed by atoms with Crippen molar-refractivity contribution in [2.75, 3.05) is 0 Å². The fraction of sp³-hybridized carbons (Fsp3) is 0.471. The molecule has 0 saturated heterocycles. The molecule has 1 N–H and O–H groups in total. The summed E-state index contributed by atoms with van der Waals surface area (Å²) in [6.07, 6.45) is 3.09. The third kappa shape index (κ3) is 4.83. The van der Waals surface area contributed by atoms with Crippen LogP contribution in [0, 0.1) is 13.8 Å². The van der Waals surface area contributed by atoms with Gasteiger partial charge in [0.05, 0.1) is 0 Å². The molecule has 1 heterocycles. The Kier molecular flexibility index (Phi) is 5.76. The average molecular weight is 304 g/mol. The highest BCUT2D eigenvalue weighted by molar-refractivity contribution is 7.11. The molecule has 1 aromatic carbocycles.